The van der Waals surface area contributed by atoms with Gasteiger partial charge in [-0.25, -0.2) is 4.98 Å². The first-order valence-electron chi connectivity index (χ1n) is 4.59. The second kappa shape index (κ2) is 4.18. The van der Waals surface area contributed by atoms with E-state index in [1.807, 2.05) is 22.6 Å². The molecule has 1 aromatic heterocycles. The number of aryl methyl sites for hydroxylation is 1. The van der Waals surface area contributed by atoms with Crippen LogP contribution in [0.1, 0.15) is 19.3 Å². The van der Waals surface area contributed by atoms with Gasteiger partial charge in [-0.15, -0.1) is 0 Å². The molecule has 0 aliphatic heterocycles. The molecule has 0 spiro atoms. The number of aromatic nitrogens is 2. The molecule has 14 heavy (non-hydrogen) atoms. The molecule has 0 atom stereocenters. The number of hydrogen-bond acceptors (Lipinski definition) is 2. The summed E-state index contributed by atoms with van der Waals surface area (Å²) in [5.74, 6) is 0.829. The van der Waals surface area contributed by atoms with Crippen LogP contribution in [-0.4, -0.2) is 9.55 Å². The molecule has 1 heterocycles. The topological polar surface area (TPSA) is 34.9 Å². The lowest BCUT2D eigenvalue weighted by Gasteiger charge is -2.04. The molecule has 76 valence electrons. The van der Waals surface area contributed by atoms with Crippen LogP contribution in [0.25, 0.3) is 0 Å². The minimum Gasteiger partial charge on any atom is -0.298 e. The molecule has 1 aliphatic rings. The quantitative estimate of drug-likeness (QED) is 0.632. The van der Waals surface area contributed by atoms with Crippen molar-refractivity contribution in [3.63, 3.8) is 0 Å². The first-order chi connectivity index (χ1) is 6.68. The van der Waals surface area contributed by atoms with E-state index >= 15 is 0 Å². The molecule has 1 fully saturated rings. The molecule has 5 heteroatoms. The van der Waals surface area contributed by atoms with Gasteiger partial charge in [0.05, 0.1) is 6.33 Å². The minimum absolute atomic E-state index is 0.0220. The second-order valence-electron chi connectivity index (χ2n) is 3.58. The zero-order valence-electron chi connectivity index (χ0n) is 7.54. The summed E-state index contributed by atoms with van der Waals surface area (Å²) in [7, 11) is 0. The monoisotopic (exact) mass is 324 g/mol. The molecule has 1 aromatic rings. The van der Waals surface area contributed by atoms with Crippen LogP contribution in [0.15, 0.2) is 11.1 Å². The summed E-state index contributed by atoms with van der Waals surface area (Å²) in [6, 6.07) is 0. The molecule has 0 N–H and O–H groups in total. The second-order valence-corrected chi connectivity index (χ2v) is 5.02. The highest BCUT2D eigenvalue weighted by Gasteiger charge is 2.21. The molecule has 0 unspecified atom stereocenters. The maximum Gasteiger partial charge on any atom is 0.268 e. The molecule has 1 saturated carbocycles. The molecule has 3 nitrogen and oxygen atoms in total. The average Bonchev–Trinajstić information content (AvgIpc) is 2.97. The summed E-state index contributed by atoms with van der Waals surface area (Å²) in [4.78, 5) is 15.6. The van der Waals surface area contributed by atoms with Crippen LogP contribution in [0.2, 0.25) is 5.15 Å². The summed E-state index contributed by atoms with van der Waals surface area (Å²) in [6.07, 6.45) is 5.24. The highest BCUT2D eigenvalue weighted by atomic mass is 127. The van der Waals surface area contributed by atoms with Crippen molar-refractivity contribution in [3.05, 3.63) is 25.4 Å². The molecule has 0 aromatic carbocycles. The summed E-state index contributed by atoms with van der Waals surface area (Å²) < 4.78 is 2.16. The third kappa shape index (κ3) is 2.28. The zero-order valence-corrected chi connectivity index (χ0v) is 10.5. The summed E-state index contributed by atoms with van der Waals surface area (Å²) in [6.45, 7) is 0.768. The fourth-order valence-electron chi connectivity index (χ4n) is 1.33. The predicted octanol–water partition coefficient (Wildman–Crippen LogP) is 2.30. The Kier molecular flexibility index (Phi) is 3.11. The highest BCUT2D eigenvalue weighted by molar-refractivity contribution is 14.1. The van der Waals surface area contributed by atoms with Gasteiger partial charge in [-0.3, -0.25) is 9.36 Å². The summed E-state index contributed by atoms with van der Waals surface area (Å²) in [5.41, 5.74) is -0.0220. The van der Waals surface area contributed by atoms with Gasteiger partial charge in [0, 0.05) is 6.54 Å². The summed E-state index contributed by atoms with van der Waals surface area (Å²) in [5, 5.41) is 0.304. The lowest BCUT2D eigenvalue weighted by Crippen LogP contribution is -2.23. The third-order valence-corrected chi connectivity index (χ3v) is 3.99. The van der Waals surface area contributed by atoms with E-state index in [-0.39, 0.29) is 5.56 Å². The highest BCUT2D eigenvalue weighted by Crippen LogP contribution is 2.32. The van der Waals surface area contributed by atoms with Crippen molar-refractivity contribution in [1.82, 2.24) is 9.55 Å². The Morgan fingerprint density at radius 3 is 3.00 bits per heavy atom. The maximum atomic E-state index is 11.7. The fourth-order valence-corrected chi connectivity index (χ4v) is 1.90. The Balaban J connectivity index is 2.16. The number of halogens is 2. The van der Waals surface area contributed by atoms with Crippen LogP contribution in [-0.2, 0) is 6.54 Å². The SMILES string of the molecule is O=c1c(I)c(Cl)ncn1CCC1CC1. The van der Waals surface area contributed by atoms with Gasteiger partial charge in [0.25, 0.3) is 5.56 Å². The largest absolute Gasteiger partial charge is 0.298 e. The van der Waals surface area contributed by atoms with Gasteiger partial charge in [-0.05, 0) is 34.9 Å². The van der Waals surface area contributed by atoms with Crippen molar-refractivity contribution in [2.75, 3.05) is 0 Å². The van der Waals surface area contributed by atoms with Crippen LogP contribution >= 0.6 is 34.2 Å². The molecule has 0 saturated heterocycles. The lowest BCUT2D eigenvalue weighted by atomic mass is 10.3. The first-order valence-corrected chi connectivity index (χ1v) is 6.04. The van der Waals surface area contributed by atoms with E-state index in [1.54, 1.807) is 4.57 Å². The molecule has 2 rings (SSSR count). The van der Waals surface area contributed by atoms with Crippen LogP contribution in [0.3, 0.4) is 0 Å². The Hall–Kier alpha value is -0.100. The van der Waals surface area contributed by atoms with Gasteiger partial charge in [0.2, 0.25) is 0 Å². The molecule has 0 amide bonds. The van der Waals surface area contributed by atoms with Crippen molar-refractivity contribution < 1.29 is 0 Å². The molecule has 1 aliphatic carbocycles. The number of hydrogen-bond donors (Lipinski definition) is 0. The Morgan fingerprint density at radius 1 is 1.64 bits per heavy atom. The van der Waals surface area contributed by atoms with Crippen molar-refractivity contribution in [2.24, 2.45) is 5.92 Å². The summed E-state index contributed by atoms with van der Waals surface area (Å²) >= 11 is 7.67. The van der Waals surface area contributed by atoms with Crippen LogP contribution in [0.4, 0.5) is 0 Å². The number of rotatable bonds is 3. The molecular formula is C9H10ClIN2O. The van der Waals surface area contributed by atoms with E-state index in [2.05, 4.69) is 4.98 Å². The predicted molar refractivity (Wildman–Crippen MR) is 63.6 cm³/mol. The van der Waals surface area contributed by atoms with Crippen LogP contribution in [0.5, 0.6) is 0 Å². The van der Waals surface area contributed by atoms with Gasteiger partial charge >= 0.3 is 0 Å². The Labute approximate surface area is 101 Å². The van der Waals surface area contributed by atoms with Gasteiger partial charge in [-0.2, -0.15) is 0 Å². The van der Waals surface area contributed by atoms with E-state index in [1.165, 1.54) is 19.2 Å². The fraction of sp³-hybridized carbons (Fsp3) is 0.556. The van der Waals surface area contributed by atoms with E-state index in [4.69, 9.17) is 11.6 Å². The van der Waals surface area contributed by atoms with Crippen LogP contribution < -0.4 is 5.56 Å². The third-order valence-electron chi connectivity index (χ3n) is 2.42. The van der Waals surface area contributed by atoms with Gasteiger partial charge < -0.3 is 0 Å². The first kappa shape index (κ1) is 10.4. The van der Waals surface area contributed by atoms with E-state index in [0.717, 1.165) is 18.9 Å². The smallest absolute Gasteiger partial charge is 0.268 e. The standard InChI is InChI=1S/C9H10ClIN2O/c10-8-7(11)9(14)13(5-12-8)4-3-6-1-2-6/h5-6H,1-4H2. The van der Waals surface area contributed by atoms with E-state index in [0.29, 0.717) is 8.72 Å². The normalized spacial score (nSPS) is 15.9. The van der Waals surface area contributed by atoms with Gasteiger partial charge in [-0.1, -0.05) is 24.4 Å². The lowest BCUT2D eigenvalue weighted by molar-refractivity contribution is 0.571. The number of nitrogens with zero attached hydrogens (tertiary/aromatic N) is 2. The van der Waals surface area contributed by atoms with Crippen molar-refractivity contribution in [1.29, 1.82) is 0 Å². The van der Waals surface area contributed by atoms with Gasteiger partial charge in [0.1, 0.15) is 8.72 Å². The maximum absolute atomic E-state index is 11.7. The zero-order chi connectivity index (χ0) is 10.1. The van der Waals surface area contributed by atoms with Gasteiger partial charge in [0.15, 0.2) is 0 Å². The van der Waals surface area contributed by atoms with Crippen molar-refractivity contribution >= 4 is 34.2 Å². The van der Waals surface area contributed by atoms with Crippen molar-refractivity contribution in [3.8, 4) is 0 Å². The molecule has 0 radical (unpaired) electrons. The Morgan fingerprint density at radius 2 is 2.36 bits per heavy atom. The molecular weight excluding hydrogens is 314 g/mol. The van der Waals surface area contributed by atoms with Crippen molar-refractivity contribution in [2.45, 2.75) is 25.8 Å². The average molecular weight is 325 g/mol. The van der Waals surface area contributed by atoms with E-state index in [9.17, 15) is 4.79 Å². The Bertz CT molecular complexity index is 400. The van der Waals surface area contributed by atoms with E-state index < -0.39 is 0 Å². The molecule has 0 bridgehead atoms. The minimum atomic E-state index is -0.0220. The van der Waals surface area contributed by atoms with Crippen LogP contribution in [0, 0.1) is 9.49 Å².